The van der Waals surface area contributed by atoms with Crippen LogP contribution in [0.1, 0.15) is 60.5 Å². The molecule has 0 radical (unpaired) electrons. The van der Waals surface area contributed by atoms with Crippen molar-refractivity contribution in [3.63, 3.8) is 0 Å². The predicted octanol–water partition coefficient (Wildman–Crippen LogP) is 5.32. The van der Waals surface area contributed by atoms with Gasteiger partial charge in [-0.3, -0.25) is 10.3 Å². The molecule has 1 unspecified atom stereocenters. The molecule has 7 heteroatoms. The first-order valence-corrected chi connectivity index (χ1v) is 10.1. The van der Waals surface area contributed by atoms with Crippen LogP contribution in [0.3, 0.4) is 0 Å². The highest BCUT2D eigenvalue weighted by Gasteiger charge is 2.35. The first-order valence-electron chi connectivity index (χ1n) is 8.96. The van der Waals surface area contributed by atoms with Gasteiger partial charge in [-0.05, 0) is 55.6 Å². The van der Waals surface area contributed by atoms with Crippen molar-refractivity contribution in [1.29, 1.82) is 0 Å². The smallest absolute Gasteiger partial charge is 0.411 e. The van der Waals surface area contributed by atoms with E-state index < -0.39 is 9.89 Å². The van der Waals surface area contributed by atoms with E-state index in [0.717, 1.165) is 55.0 Å². The first kappa shape index (κ1) is 17.7. The monoisotopic (exact) mass is 402 g/mol. The summed E-state index contributed by atoms with van der Waals surface area (Å²) in [5.74, 6) is 1.41. The van der Waals surface area contributed by atoms with E-state index >= 15 is 0 Å². The van der Waals surface area contributed by atoms with Crippen molar-refractivity contribution in [2.75, 3.05) is 11.9 Å². The molecule has 25 heavy (non-hydrogen) atoms. The SMILES string of the molecule is O=C(Nc1c2c(nc3c1CCC3CC1CC1)CCC2)OCC(Cl)(Cl)Cl. The Morgan fingerprint density at radius 2 is 1.96 bits per heavy atom. The highest BCUT2D eigenvalue weighted by Crippen LogP contribution is 2.47. The van der Waals surface area contributed by atoms with E-state index in [0.29, 0.717) is 5.92 Å². The molecule has 1 amide bonds. The summed E-state index contributed by atoms with van der Waals surface area (Å²) in [6.07, 6.45) is 8.47. The minimum Gasteiger partial charge on any atom is -0.445 e. The van der Waals surface area contributed by atoms with E-state index in [1.165, 1.54) is 30.5 Å². The molecule has 1 saturated carbocycles. The summed E-state index contributed by atoms with van der Waals surface area (Å²) >= 11 is 17.0. The second kappa shape index (κ2) is 6.79. The van der Waals surface area contributed by atoms with Gasteiger partial charge in [0.1, 0.15) is 6.61 Å². The number of fused-ring (bicyclic) bond motifs is 2. The van der Waals surface area contributed by atoms with Crippen LogP contribution in [0.15, 0.2) is 0 Å². The normalized spacial score (nSPS) is 21.8. The average Bonchev–Trinajstić information content (AvgIpc) is 3.08. The number of carbonyl (C=O) groups excluding carboxylic acids is 1. The Hall–Kier alpha value is -0.710. The van der Waals surface area contributed by atoms with Crippen LogP contribution in [-0.4, -0.2) is 21.5 Å². The van der Waals surface area contributed by atoms with Gasteiger partial charge >= 0.3 is 6.09 Å². The molecule has 0 bridgehead atoms. The number of carbonyl (C=O) groups is 1. The van der Waals surface area contributed by atoms with Crippen molar-refractivity contribution in [1.82, 2.24) is 4.98 Å². The number of hydrogen-bond donors (Lipinski definition) is 1. The highest BCUT2D eigenvalue weighted by atomic mass is 35.6. The van der Waals surface area contributed by atoms with Crippen LogP contribution >= 0.6 is 34.8 Å². The van der Waals surface area contributed by atoms with Gasteiger partial charge in [0.2, 0.25) is 3.79 Å². The van der Waals surface area contributed by atoms with Crippen LogP contribution in [0.4, 0.5) is 10.5 Å². The Balaban J connectivity index is 1.57. The van der Waals surface area contributed by atoms with Gasteiger partial charge in [0.15, 0.2) is 0 Å². The Labute approximate surface area is 162 Å². The number of hydrogen-bond acceptors (Lipinski definition) is 3. The average molecular weight is 404 g/mol. The van der Waals surface area contributed by atoms with E-state index in [9.17, 15) is 4.79 Å². The maximum absolute atomic E-state index is 12.2. The lowest BCUT2D eigenvalue weighted by atomic mass is 9.98. The van der Waals surface area contributed by atoms with Crippen LogP contribution in [0.5, 0.6) is 0 Å². The fourth-order valence-electron chi connectivity index (χ4n) is 4.11. The predicted molar refractivity (Wildman–Crippen MR) is 99.9 cm³/mol. The van der Waals surface area contributed by atoms with Crippen molar-refractivity contribution in [2.45, 2.75) is 61.1 Å². The van der Waals surface area contributed by atoms with E-state index in [4.69, 9.17) is 44.5 Å². The number of pyridine rings is 1. The zero-order chi connectivity index (χ0) is 17.6. The van der Waals surface area contributed by atoms with Crippen LogP contribution < -0.4 is 5.32 Å². The van der Waals surface area contributed by atoms with Gasteiger partial charge in [0.05, 0.1) is 5.69 Å². The minimum absolute atomic E-state index is 0.275. The summed E-state index contributed by atoms with van der Waals surface area (Å²) in [6.45, 7) is -0.275. The summed E-state index contributed by atoms with van der Waals surface area (Å²) in [6, 6.07) is 0. The van der Waals surface area contributed by atoms with Crippen LogP contribution in [-0.2, 0) is 24.0 Å². The maximum atomic E-state index is 12.2. The second-order valence-electron chi connectivity index (χ2n) is 7.36. The van der Waals surface area contributed by atoms with Crippen LogP contribution in [0, 0.1) is 5.92 Å². The van der Waals surface area contributed by atoms with Gasteiger partial charge in [-0.1, -0.05) is 47.6 Å². The van der Waals surface area contributed by atoms with Gasteiger partial charge in [-0.2, -0.15) is 0 Å². The third-order valence-electron chi connectivity index (χ3n) is 5.40. The first-order chi connectivity index (χ1) is 11.9. The molecular weight excluding hydrogens is 383 g/mol. The lowest BCUT2D eigenvalue weighted by molar-refractivity contribution is 0.164. The van der Waals surface area contributed by atoms with Gasteiger partial charge < -0.3 is 4.74 Å². The number of ether oxygens (including phenoxy) is 1. The Bertz CT molecular complexity index is 699. The summed E-state index contributed by atoms with van der Waals surface area (Å²) in [5.41, 5.74) is 5.60. The summed E-state index contributed by atoms with van der Waals surface area (Å²) < 4.78 is 3.46. The second-order valence-corrected chi connectivity index (χ2v) is 9.88. The van der Waals surface area contributed by atoms with E-state index in [1.54, 1.807) is 0 Å². The van der Waals surface area contributed by atoms with Gasteiger partial charge in [-0.25, -0.2) is 4.79 Å². The van der Waals surface area contributed by atoms with Crippen molar-refractivity contribution in [2.24, 2.45) is 5.92 Å². The number of aromatic nitrogens is 1. The van der Waals surface area contributed by atoms with Crippen molar-refractivity contribution in [3.8, 4) is 0 Å². The van der Waals surface area contributed by atoms with Crippen LogP contribution in [0.25, 0.3) is 0 Å². The molecule has 136 valence electrons. The van der Waals surface area contributed by atoms with E-state index in [1.807, 2.05) is 0 Å². The fraction of sp³-hybridized carbons (Fsp3) is 0.667. The van der Waals surface area contributed by atoms with Crippen molar-refractivity contribution < 1.29 is 9.53 Å². The molecule has 1 fully saturated rings. The molecule has 1 aromatic rings. The number of halogens is 3. The number of rotatable bonds is 4. The Morgan fingerprint density at radius 1 is 1.16 bits per heavy atom. The largest absolute Gasteiger partial charge is 0.445 e. The van der Waals surface area contributed by atoms with Gasteiger partial charge in [-0.15, -0.1) is 0 Å². The number of amides is 1. The van der Waals surface area contributed by atoms with Crippen molar-refractivity contribution >= 4 is 46.6 Å². The molecule has 1 atom stereocenters. The Morgan fingerprint density at radius 3 is 2.68 bits per heavy atom. The third kappa shape index (κ3) is 4.01. The van der Waals surface area contributed by atoms with Gasteiger partial charge in [0, 0.05) is 17.3 Å². The number of nitrogens with zero attached hydrogens (tertiary/aromatic N) is 1. The third-order valence-corrected chi connectivity index (χ3v) is 5.72. The lowest BCUT2D eigenvalue weighted by Gasteiger charge is -2.18. The molecule has 3 aliphatic carbocycles. The summed E-state index contributed by atoms with van der Waals surface area (Å²) in [7, 11) is 0. The summed E-state index contributed by atoms with van der Waals surface area (Å²) in [5, 5.41) is 2.93. The number of alkyl halides is 3. The molecule has 0 aromatic carbocycles. The molecule has 1 heterocycles. The quantitative estimate of drug-likeness (QED) is 0.692. The number of aryl methyl sites for hydroxylation is 1. The molecule has 0 saturated heterocycles. The fourth-order valence-corrected chi connectivity index (χ4v) is 4.28. The zero-order valence-electron chi connectivity index (χ0n) is 13.9. The highest BCUT2D eigenvalue weighted by molar-refractivity contribution is 6.67. The van der Waals surface area contributed by atoms with Crippen molar-refractivity contribution in [3.05, 3.63) is 22.5 Å². The van der Waals surface area contributed by atoms with E-state index in [2.05, 4.69) is 5.32 Å². The molecule has 3 aliphatic rings. The molecule has 1 N–H and O–H groups in total. The molecule has 4 rings (SSSR count). The standard InChI is InChI=1S/C18H21Cl3N2O2/c19-18(20,21)9-25-17(24)23-16-12-2-1-3-14(12)22-15-11(6-7-13(15)16)8-10-4-5-10/h10-11H,1-9H2,(H,22,23,24). The number of nitrogens with one attached hydrogen (secondary N) is 1. The molecule has 0 aliphatic heterocycles. The molecular formula is C18H21Cl3N2O2. The topological polar surface area (TPSA) is 51.2 Å². The molecule has 4 nitrogen and oxygen atoms in total. The zero-order valence-corrected chi connectivity index (χ0v) is 16.2. The Kier molecular flexibility index (Phi) is 4.80. The molecule has 1 aromatic heterocycles. The van der Waals surface area contributed by atoms with Crippen LogP contribution in [0.2, 0.25) is 0 Å². The molecule has 0 spiro atoms. The maximum Gasteiger partial charge on any atom is 0.411 e. The van der Waals surface area contributed by atoms with E-state index in [-0.39, 0.29) is 6.61 Å². The van der Waals surface area contributed by atoms with Gasteiger partial charge in [0.25, 0.3) is 0 Å². The lowest BCUT2D eigenvalue weighted by Crippen LogP contribution is -2.22. The number of anilines is 1. The summed E-state index contributed by atoms with van der Waals surface area (Å²) in [4.78, 5) is 17.2. The minimum atomic E-state index is -1.60.